The summed E-state index contributed by atoms with van der Waals surface area (Å²) in [7, 11) is 0. The van der Waals surface area contributed by atoms with Crippen LogP contribution in [-0.2, 0) is 9.59 Å². The van der Waals surface area contributed by atoms with Gasteiger partial charge in [-0.15, -0.1) is 0 Å². The normalized spacial score (nSPS) is 12.5. The van der Waals surface area contributed by atoms with Crippen LogP contribution in [0.4, 0.5) is 0 Å². The lowest BCUT2D eigenvalue weighted by atomic mass is 10.0. The summed E-state index contributed by atoms with van der Waals surface area (Å²) in [5.74, 6) is -1.90. The Morgan fingerprint density at radius 3 is 2.37 bits per heavy atom. The third kappa shape index (κ3) is 6.14. The van der Waals surface area contributed by atoms with Gasteiger partial charge in [-0.05, 0) is 36.6 Å². The van der Waals surface area contributed by atoms with Crippen LogP contribution in [0.3, 0.4) is 0 Å². The fourth-order valence-corrected chi connectivity index (χ4v) is 2.39. The predicted molar refractivity (Wildman–Crippen MR) is 99.6 cm³/mol. The van der Waals surface area contributed by atoms with Gasteiger partial charge in [0.2, 0.25) is 0 Å². The number of rotatable bonds is 8. The summed E-state index contributed by atoms with van der Waals surface area (Å²) in [6.07, 6.45) is 3.05. The lowest BCUT2D eigenvalue weighted by molar-refractivity contribution is -0.141. The minimum absolute atomic E-state index is 0.0720. The van der Waals surface area contributed by atoms with Crippen LogP contribution >= 0.6 is 0 Å². The molecule has 142 valence electrons. The van der Waals surface area contributed by atoms with Gasteiger partial charge < -0.3 is 20.2 Å². The molecule has 27 heavy (non-hydrogen) atoms. The third-order valence-corrected chi connectivity index (χ3v) is 3.67. The van der Waals surface area contributed by atoms with Crippen LogP contribution in [0.2, 0.25) is 0 Å². The molecule has 0 aliphatic heterocycles. The molecule has 1 atom stereocenters. The molecule has 0 saturated carbocycles. The molecule has 1 aromatic carbocycles. The molecule has 2 aromatic rings. The molecule has 0 saturated heterocycles. The highest BCUT2D eigenvalue weighted by molar-refractivity contribution is 6.05. The summed E-state index contributed by atoms with van der Waals surface area (Å²) in [5, 5.41) is 14.3. The van der Waals surface area contributed by atoms with Gasteiger partial charge in [0.05, 0.1) is 6.26 Å². The first-order valence-corrected chi connectivity index (χ1v) is 8.52. The van der Waals surface area contributed by atoms with Crippen molar-refractivity contribution in [1.29, 1.82) is 0 Å². The van der Waals surface area contributed by atoms with E-state index in [4.69, 9.17) is 4.42 Å². The molecule has 0 aliphatic carbocycles. The van der Waals surface area contributed by atoms with Crippen molar-refractivity contribution in [2.45, 2.75) is 26.3 Å². The molecule has 7 heteroatoms. The Bertz CT molecular complexity index is 810. The highest BCUT2D eigenvalue weighted by Crippen LogP contribution is 2.10. The maximum atomic E-state index is 12.6. The van der Waals surface area contributed by atoms with Gasteiger partial charge in [-0.2, -0.15) is 0 Å². The number of nitrogens with one attached hydrogen (secondary N) is 2. The molecule has 0 bridgehead atoms. The molecular formula is C20H22N2O5. The van der Waals surface area contributed by atoms with Crippen LogP contribution in [0.15, 0.2) is 58.8 Å². The number of benzene rings is 1. The molecule has 1 aromatic heterocycles. The highest BCUT2D eigenvalue weighted by Gasteiger charge is 2.24. The summed E-state index contributed by atoms with van der Waals surface area (Å²) in [6.45, 7) is 3.72. The minimum atomic E-state index is -1.14. The van der Waals surface area contributed by atoms with Crippen LogP contribution in [0.1, 0.15) is 36.4 Å². The fourth-order valence-electron chi connectivity index (χ4n) is 2.39. The van der Waals surface area contributed by atoms with E-state index in [1.54, 1.807) is 42.5 Å². The first-order chi connectivity index (χ1) is 12.9. The molecule has 0 radical (unpaired) electrons. The zero-order chi connectivity index (χ0) is 19.8. The van der Waals surface area contributed by atoms with Crippen molar-refractivity contribution in [1.82, 2.24) is 10.6 Å². The number of hydrogen-bond acceptors (Lipinski definition) is 4. The van der Waals surface area contributed by atoms with Crippen LogP contribution in [0.5, 0.6) is 0 Å². The monoisotopic (exact) mass is 370 g/mol. The van der Waals surface area contributed by atoms with E-state index >= 15 is 0 Å². The fraction of sp³-hybridized carbons (Fsp3) is 0.250. The molecule has 2 amide bonds. The topological polar surface area (TPSA) is 109 Å². The van der Waals surface area contributed by atoms with E-state index in [9.17, 15) is 19.5 Å². The second kappa shape index (κ2) is 9.38. The van der Waals surface area contributed by atoms with Crippen molar-refractivity contribution in [3.8, 4) is 0 Å². The van der Waals surface area contributed by atoms with Gasteiger partial charge in [0, 0.05) is 11.6 Å². The highest BCUT2D eigenvalue weighted by atomic mass is 16.4. The summed E-state index contributed by atoms with van der Waals surface area (Å²) in [5.41, 5.74) is 0.265. The Hall–Kier alpha value is -3.35. The van der Waals surface area contributed by atoms with Crippen LogP contribution in [0, 0.1) is 5.92 Å². The summed E-state index contributed by atoms with van der Waals surface area (Å²) >= 11 is 0. The standard InChI is InChI=1S/C20H22N2O5/c1-13(2)11-17(20(25)26)22-19(24)16(12-15-9-6-10-27-15)21-18(23)14-7-4-3-5-8-14/h3-10,12-13,17H,11H2,1-2H3,(H,21,23)(H,22,24)(H,25,26)/b16-12+/t17-/m1/s1. The van der Waals surface area contributed by atoms with E-state index in [1.165, 1.54) is 12.3 Å². The van der Waals surface area contributed by atoms with Gasteiger partial charge >= 0.3 is 5.97 Å². The van der Waals surface area contributed by atoms with Crippen LogP contribution in [-0.4, -0.2) is 28.9 Å². The summed E-state index contributed by atoms with van der Waals surface area (Å²) < 4.78 is 5.19. The molecule has 0 aliphatic rings. The lowest BCUT2D eigenvalue weighted by Gasteiger charge is -2.18. The van der Waals surface area contributed by atoms with E-state index in [1.807, 2.05) is 13.8 Å². The van der Waals surface area contributed by atoms with Gasteiger partial charge in [0.25, 0.3) is 11.8 Å². The number of amides is 2. The second-order valence-corrected chi connectivity index (χ2v) is 6.39. The molecule has 2 rings (SSSR count). The van der Waals surface area contributed by atoms with Crippen molar-refractivity contribution < 1.29 is 23.9 Å². The quantitative estimate of drug-likeness (QED) is 0.619. The zero-order valence-corrected chi connectivity index (χ0v) is 15.1. The maximum Gasteiger partial charge on any atom is 0.326 e. The number of carbonyl (C=O) groups is 3. The first kappa shape index (κ1) is 20.0. The zero-order valence-electron chi connectivity index (χ0n) is 15.1. The second-order valence-electron chi connectivity index (χ2n) is 6.39. The van der Waals surface area contributed by atoms with Gasteiger partial charge in [-0.1, -0.05) is 32.0 Å². The number of furan rings is 1. The van der Waals surface area contributed by atoms with Gasteiger partial charge in [0.15, 0.2) is 0 Å². The van der Waals surface area contributed by atoms with Gasteiger partial charge in [-0.25, -0.2) is 4.79 Å². The Balaban J connectivity index is 2.23. The maximum absolute atomic E-state index is 12.6. The molecule has 3 N–H and O–H groups in total. The SMILES string of the molecule is CC(C)C[C@@H](NC(=O)/C(=C\c1ccco1)NC(=O)c1ccccc1)C(=O)O. The average Bonchev–Trinajstić information content (AvgIpc) is 3.13. The molecule has 0 spiro atoms. The van der Waals surface area contributed by atoms with Crippen molar-refractivity contribution >= 4 is 23.9 Å². The predicted octanol–water partition coefficient (Wildman–Crippen LogP) is 2.67. The molecule has 0 unspecified atom stereocenters. The van der Waals surface area contributed by atoms with Crippen molar-refractivity contribution in [2.75, 3.05) is 0 Å². The van der Waals surface area contributed by atoms with Crippen LogP contribution in [0.25, 0.3) is 6.08 Å². The molecule has 1 heterocycles. The van der Waals surface area contributed by atoms with Crippen molar-refractivity contribution in [3.63, 3.8) is 0 Å². The smallest absolute Gasteiger partial charge is 0.326 e. The molecular weight excluding hydrogens is 348 g/mol. The third-order valence-electron chi connectivity index (χ3n) is 3.67. The Kier molecular flexibility index (Phi) is 6.93. The molecule has 7 nitrogen and oxygen atoms in total. The van der Waals surface area contributed by atoms with E-state index in [0.29, 0.717) is 11.3 Å². The van der Waals surface area contributed by atoms with Crippen molar-refractivity contribution in [3.05, 3.63) is 65.7 Å². The number of hydrogen-bond donors (Lipinski definition) is 3. The average molecular weight is 370 g/mol. The van der Waals surface area contributed by atoms with Crippen LogP contribution < -0.4 is 10.6 Å². The first-order valence-electron chi connectivity index (χ1n) is 8.52. The summed E-state index contributed by atoms with van der Waals surface area (Å²) in [6, 6.07) is 10.6. The minimum Gasteiger partial charge on any atom is -0.480 e. The van der Waals surface area contributed by atoms with E-state index in [0.717, 1.165) is 0 Å². The van der Waals surface area contributed by atoms with Gasteiger partial charge in [-0.3, -0.25) is 9.59 Å². The number of carbonyl (C=O) groups excluding carboxylic acids is 2. The van der Waals surface area contributed by atoms with E-state index < -0.39 is 23.8 Å². The number of carboxylic acids is 1. The number of aliphatic carboxylic acids is 1. The van der Waals surface area contributed by atoms with E-state index in [2.05, 4.69) is 10.6 Å². The Morgan fingerprint density at radius 2 is 1.81 bits per heavy atom. The Morgan fingerprint density at radius 1 is 1.11 bits per heavy atom. The largest absolute Gasteiger partial charge is 0.480 e. The van der Waals surface area contributed by atoms with Gasteiger partial charge in [0.1, 0.15) is 17.5 Å². The van der Waals surface area contributed by atoms with Crippen molar-refractivity contribution in [2.24, 2.45) is 5.92 Å². The Labute approximate surface area is 157 Å². The lowest BCUT2D eigenvalue weighted by Crippen LogP contribution is -2.45. The number of carboxylic acid groups (broad SMARTS) is 1. The summed E-state index contributed by atoms with van der Waals surface area (Å²) in [4.78, 5) is 36.5. The van der Waals surface area contributed by atoms with E-state index in [-0.39, 0.29) is 18.0 Å². The molecule has 0 fully saturated rings.